The average Bonchev–Trinajstić information content (AvgIpc) is 3.01. The van der Waals surface area contributed by atoms with E-state index in [-0.39, 0.29) is 5.95 Å². The molecule has 1 aliphatic rings. The van der Waals surface area contributed by atoms with Crippen LogP contribution in [0.2, 0.25) is 0 Å². The lowest BCUT2D eigenvalue weighted by Gasteiger charge is -2.13. The minimum Gasteiger partial charge on any atom is -0.368 e. The van der Waals surface area contributed by atoms with Crippen molar-refractivity contribution in [1.29, 1.82) is 0 Å². The Morgan fingerprint density at radius 1 is 1.07 bits per heavy atom. The standard InChI is InChI=1S/C21H18N6S/c1-23-11-18-25-16-7-6-12(8-17(16)28-18)19-15-10-24-9-13-4-2-3-5-14(13)20(15)27-21(22)26-19/h2-9,23H,10-11H2,1H3,(H2,22,26,27). The summed E-state index contributed by atoms with van der Waals surface area (Å²) in [5.41, 5.74) is 12.9. The smallest absolute Gasteiger partial charge is 0.221 e. The number of thiazole rings is 1. The van der Waals surface area contributed by atoms with E-state index in [1.165, 1.54) is 0 Å². The number of aliphatic imine (C=N–C) groups is 1. The van der Waals surface area contributed by atoms with E-state index in [4.69, 9.17) is 5.73 Å². The molecule has 5 rings (SSSR count). The van der Waals surface area contributed by atoms with Crippen LogP contribution in [0.5, 0.6) is 0 Å². The monoisotopic (exact) mass is 386 g/mol. The molecule has 1 aliphatic heterocycles. The predicted molar refractivity (Wildman–Crippen MR) is 115 cm³/mol. The summed E-state index contributed by atoms with van der Waals surface area (Å²) in [7, 11) is 1.93. The summed E-state index contributed by atoms with van der Waals surface area (Å²) in [5, 5.41) is 4.21. The van der Waals surface area contributed by atoms with E-state index in [2.05, 4.69) is 37.4 Å². The van der Waals surface area contributed by atoms with E-state index in [1.54, 1.807) is 11.3 Å². The molecular formula is C21H18N6S. The third-order valence-electron chi connectivity index (χ3n) is 4.75. The number of benzene rings is 2. The lowest BCUT2D eigenvalue weighted by atomic mass is 9.98. The number of hydrogen-bond acceptors (Lipinski definition) is 7. The van der Waals surface area contributed by atoms with Gasteiger partial charge in [-0.05, 0) is 19.2 Å². The molecule has 0 spiro atoms. The molecule has 2 aromatic carbocycles. The van der Waals surface area contributed by atoms with Gasteiger partial charge in [0.2, 0.25) is 5.95 Å². The fourth-order valence-electron chi connectivity index (χ4n) is 3.52. The van der Waals surface area contributed by atoms with Gasteiger partial charge >= 0.3 is 0 Å². The van der Waals surface area contributed by atoms with E-state index >= 15 is 0 Å². The van der Waals surface area contributed by atoms with Crippen molar-refractivity contribution < 1.29 is 0 Å². The summed E-state index contributed by atoms with van der Waals surface area (Å²) >= 11 is 1.69. The van der Waals surface area contributed by atoms with Gasteiger partial charge in [0.25, 0.3) is 0 Å². The molecule has 28 heavy (non-hydrogen) atoms. The van der Waals surface area contributed by atoms with Crippen LogP contribution in [0.15, 0.2) is 47.5 Å². The molecule has 2 aromatic heterocycles. The van der Waals surface area contributed by atoms with Crippen LogP contribution in [0.3, 0.4) is 0 Å². The van der Waals surface area contributed by atoms with Crippen LogP contribution in [0.25, 0.3) is 32.7 Å². The van der Waals surface area contributed by atoms with Crippen molar-refractivity contribution in [2.45, 2.75) is 13.1 Å². The molecule has 7 heteroatoms. The third kappa shape index (κ3) is 2.85. The van der Waals surface area contributed by atoms with Gasteiger partial charge in [0, 0.05) is 35.0 Å². The van der Waals surface area contributed by atoms with Gasteiger partial charge in [0.05, 0.1) is 28.1 Å². The topological polar surface area (TPSA) is 89.1 Å². The molecule has 0 saturated carbocycles. The average molecular weight is 386 g/mol. The Kier molecular flexibility index (Phi) is 4.11. The summed E-state index contributed by atoms with van der Waals surface area (Å²) < 4.78 is 1.13. The quantitative estimate of drug-likeness (QED) is 0.561. The van der Waals surface area contributed by atoms with E-state index < -0.39 is 0 Å². The van der Waals surface area contributed by atoms with E-state index in [0.717, 1.165) is 55.4 Å². The Labute approximate surface area is 166 Å². The summed E-state index contributed by atoms with van der Waals surface area (Å²) in [6.07, 6.45) is 1.90. The summed E-state index contributed by atoms with van der Waals surface area (Å²) in [6.45, 7) is 1.28. The first-order valence-electron chi connectivity index (χ1n) is 9.03. The Morgan fingerprint density at radius 3 is 2.82 bits per heavy atom. The fraction of sp³-hybridized carbons (Fsp3) is 0.143. The Hall–Kier alpha value is -3.16. The van der Waals surface area contributed by atoms with Gasteiger partial charge < -0.3 is 11.1 Å². The van der Waals surface area contributed by atoms with Gasteiger partial charge in [0.15, 0.2) is 0 Å². The molecule has 0 aliphatic carbocycles. The first-order chi connectivity index (χ1) is 13.7. The van der Waals surface area contributed by atoms with Crippen LogP contribution in [0.4, 0.5) is 5.95 Å². The maximum absolute atomic E-state index is 6.10. The zero-order valence-corrected chi connectivity index (χ0v) is 16.1. The van der Waals surface area contributed by atoms with Crippen molar-refractivity contribution in [1.82, 2.24) is 20.3 Å². The highest BCUT2D eigenvalue weighted by Crippen LogP contribution is 2.35. The van der Waals surface area contributed by atoms with Crippen LogP contribution in [-0.2, 0) is 13.1 Å². The maximum Gasteiger partial charge on any atom is 0.221 e. The second-order valence-corrected chi connectivity index (χ2v) is 7.75. The van der Waals surface area contributed by atoms with Crippen LogP contribution >= 0.6 is 11.3 Å². The molecule has 3 N–H and O–H groups in total. The third-order valence-corrected chi connectivity index (χ3v) is 5.77. The molecule has 138 valence electrons. The van der Waals surface area contributed by atoms with Crippen LogP contribution in [-0.4, -0.2) is 28.2 Å². The number of fused-ring (bicyclic) bond motifs is 4. The number of rotatable bonds is 3. The summed E-state index contributed by atoms with van der Waals surface area (Å²) in [5.74, 6) is 0.269. The van der Waals surface area contributed by atoms with Crippen LogP contribution < -0.4 is 11.1 Å². The zero-order valence-electron chi connectivity index (χ0n) is 15.3. The van der Waals surface area contributed by atoms with Crippen molar-refractivity contribution in [3.63, 3.8) is 0 Å². The Morgan fingerprint density at radius 2 is 1.93 bits per heavy atom. The lowest BCUT2D eigenvalue weighted by molar-refractivity contribution is 0.812. The molecule has 3 heterocycles. The number of nitrogens with two attached hydrogens (primary N) is 1. The molecule has 0 unspecified atom stereocenters. The van der Waals surface area contributed by atoms with Crippen molar-refractivity contribution in [3.05, 3.63) is 58.6 Å². The molecule has 4 aromatic rings. The second-order valence-electron chi connectivity index (χ2n) is 6.64. The van der Waals surface area contributed by atoms with Crippen LogP contribution in [0, 0.1) is 0 Å². The van der Waals surface area contributed by atoms with Crippen LogP contribution in [0.1, 0.15) is 16.1 Å². The fourth-order valence-corrected chi connectivity index (χ4v) is 4.54. The molecule has 0 amide bonds. The van der Waals surface area contributed by atoms with Gasteiger partial charge in [0.1, 0.15) is 5.01 Å². The minimum absolute atomic E-state index is 0.269. The van der Waals surface area contributed by atoms with Crippen molar-refractivity contribution in [2.75, 3.05) is 12.8 Å². The molecule has 0 atom stereocenters. The van der Waals surface area contributed by atoms with E-state index in [1.807, 2.05) is 43.6 Å². The zero-order chi connectivity index (χ0) is 19.1. The number of aromatic nitrogens is 3. The molecular weight excluding hydrogens is 368 g/mol. The van der Waals surface area contributed by atoms with Gasteiger partial charge in [-0.15, -0.1) is 11.3 Å². The highest BCUT2D eigenvalue weighted by molar-refractivity contribution is 7.18. The van der Waals surface area contributed by atoms with Crippen molar-refractivity contribution >= 4 is 33.7 Å². The van der Waals surface area contributed by atoms with Crippen molar-refractivity contribution in [2.24, 2.45) is 4.99 Å². The van der Waals surface area contributed by atoms with Gasteiger partial charge in [-0.25, -0.2) is 15.0 Å². The summed E-state index contributed by atoms with van der Waals surface area (Å²) in [6, 6.07) is 14.3. The van der Waals surface area contributed by atoms with E-state index in [9.17, 15) is 0 Å². The minimum atomic E-state index is 0.269. The summed E-state index contributed by atoms with van der Waals surface area (Å²) in [4.78, 5) is 18.4. The molecule has 0 bridgehead atoms. The highest BCUT2D eigenvalue weighted by atomic mass is 32.1. The van der Waals surface area contributed by atoms with Crippen molar-refractivity contribution in [3.8, 4) is 22.5 Å². The highest BCUT2D eigenvalue weighted by Gasteiger charge is 2.20. The Balaban J connectivity index is 1.71. The number of hydrogen-bond donors (Lipinski definition) is 2. The number of anilines is 1. The van der Waals surface area contributed by atoms with Gasteiger partial charge in [-0.2, -0.15) is 0 Å². The maximum atomic E-state index is 6.10. The molecule has 0 radical (unpaired) electrons. The first kappa shape index (κ1) is 17.0. The lowest BCUT2D eigenvalue weighted by Crippen LogP contribution is -2.04. The van der Waals surface area contributed by atoms with Gasteiger partial charge in [-0.1, -0.05) is 30.3 Å². The number of nitrogens with one attached hydrogen (secondary N) is 1. The molecule has 0 fully saturated rings. The van der Waals surface area contributed by atoms with E-state index in [0.29, 0.717) is 6.54 Å². The first-order valence-corrected chi connectivity index (χ1v) is 9.84. The normalized spacial score (nSPS) is 12.6. The largest absolute Gasteiger partial charge is 0.368 e. The van der Waals surface area contributed by atoms with Gasteiger partial charge in [-0.3, -0.25) is 4.99 Å². The number of nitrogens with zero attached hydrogens (tertiary/aromatic N) is 4. The second kappa shape index (κ2) is 6.78. The Bertz CT molecular complexity index is 1230. The molecule has 0 saturated heterocycles. The number of nitrogen functional groups attached to an aromatic ring is 1. The predicted octanol–water partition coefficient (Wildman–Crippen LogP) is 3.65. The SMILES string of the molecule is CNCc1nc2ccc(-c3nc(N)nc4c3CN=Cc3ccccc3-4)cc2s1. The molecule has 6 nitrogen and oxygen atoms in total.